The number of halogens is 2. The minimum absolute atomic E-state index is 0.0446. The lowest BCUT2D eigenvalue weighted by molar-refractivity contribution is 0.0596. The van der Waals surface area contributed by atoms with Crippen LogP contribution >= 0.6 is 11.6 Å². The molecular weight excluding hydrogens is 453 g/mol. The number of aryl methyl sites for hydroxylation is 1. The van der Waals surface area contributed by atoms with Crippen LogP contribution < -0.4 is 15.2 Å². The van der Waals surface area contributed by atoms with E-state index in [1.54, 1.807) is 25.2 Å². The molecule has 33 heavy (non-hydrogen) atoms. The summed E-state index contributed by atoms with van der Waals surface area (Å²) in [6.07, 6.45) is 5.85. The van der Waals surface area contributed by atoms with Crippen LogP contribution in [0.2, 0.25) is 5.28 Å². The van der Waals surface area contributed by atoms with Gasteiger partial charge in [0.25, 0.3) is 0 Å². The average Bonchev–Trinajstić information content (AvgIpc) is 3.16. The summed E-state index contributed by atoms with van der Waals surface area (Å²) in [5.41, 5.74) is 7.09. The highest BCUT2D eigenvalue weighted by Crippen LogP contribution is 2.30. The molecule has 3 aromatic rings. The lowest BCUT2D eigenvalue weighted by Gasteiger charge is -2.11. The predicted molar refractivity (Wildman–Crippen MR) is 121 cm³/mol. The van der Waals surface area contributed by atoms with Gasteiger partial charge in [0.1, 0.15) is 17.0 Å². The maximum absolute atomic E-state index is 14.1. The summed E-state index contributed by atoms with van der Waals surface area (Å²) in [6.45, 7) is 0.865. The summed E-state index contributed by atoms with van der Waals surface area (Å²) in [5, 5.41) is 4.07. The molecule has 0 spiro atoms. The highest BCUT2D eigenvalue weighted by atomic mass is 35.5. The summed E-state index contributed by atoms with van der Waals surface area (Å²) < 4.78 is 32.0. The van der Waals surface area contributed by atoms with Crippen molar-refractivity contribution >= 4 is 23.3 Å². The molecule has 1 aromatic carbocycles. The summed E-state index contributed by atoms with van der Waals surface area (Å²) in [4.78, 5) is 19.4. The van der Waals surface area contributed by atoms with Crippen molar-refractivity contribution in [2.75, 3.05) is 26.1 Å². The van der Waals surface area contributed by atoms with E-state index in [0.29, 0.717) is 41.7 Å². The standard InChI is InChI=1S/C22H25ClFN5O4/c1-29-20(16(12-27-29)19-17(24)13-26-22(23)28-19)33-10-6-4-3-5-9-32-18-11-14(25)7-8-15(18)21(30)31-2/h7-8,11-13H,3-6,9-10,25H2,1-2H3. The van der Waals surface area contributed by atoms with Crippen molar-refractivity contribution in [3.63, 3.8) is 0 Å². The van der Waals surface area contributed by atoms with Crippen molar-refractivity contribution < 1.29 is 23.4 Å². The lowest BCUT2D eigenvalue weighted by Crippen LogP contribution is -2.07. The second-order valence-corrected chi connectivity index (χ2v) is 7.52. The number of methoxy groups -OCH3 is 1. The topological polar surface area (TPSA) is 114 Å². The molecule has 3 rings (SSSR count). The van der Waals surface area contributed by atoms with Crippen LogP contribution in [0.3, 0.4) is 0 Å². The maximum atomic E-state index is 14.1. The van der Waals surface area contributed by atoms with E-state index in [4.69, 9.17) is 31.5 Å². The second-order valence-electron chi connectivity index (χ2n) is 7.18. The molecule has 0 aliphatic heterocycles. The molecule has 0 aliphatic carbocycles. The first-order valence-electron chi connectivity index (χ1n) is 10.3. The SMILES string of the molecule is COC(=O)c1ccc(N)cc1OCCCCCCOc1c(-c2nc(Cl)ncc2F)cnn1C. The molecule has 9 nitrogen and oxygen atoms in total. The third-order valence-corrected chi connectivity index (χ3v) is 4.98. The number of nitrogen functional groups attached to an aromatic ring is 1. The number of rotatable bonds is 11. The molecule has 2 aromatic heterocycles. The maximum Gasteiger partial charge on any atom is 0.341 e. The van der Waals surface area contributed by atoms with E-state index in [2.05, 4.69) is 15.1 Å². The Morgan fingerprint density at radius 1 is 1.15 bits per heavy atom. The van der Waals surface area contributed by atoms with E-state index in [1.807, 2.05) is 0 Å². The highest BCUT2D eigenvalue weighted by molar-refractivity contribution is 6.28. The van der Waals surface area contributed by atoms with Gasteiger partial charge < -0.3 is 19.9 Å². The third kappa shape index (κ3) is 6.32. The van der Waals surface area contributed by atoms with Crippen LogP contribution in [0, 0.1) is 5.82 Å². The normalized spacial score (nSPS) is 10.8. The number of carbonyl (C=O) groups is 1. The van der Waals surface area contributed by atoms with Crippen molar-refractivity contribution in [3.05, 3.63) is 47.3 Å². The molecule has 2 heterocycles. The number of carbonyl (C=O) groups excluding carboxylic acids is 1. The van der Waals surface area contributed by atoms with Crippen LogP contribution in [0.25, 0.3) is 11.3 Å². The van der Waals surface area contributed by atoms with Crippen LogP contribution in [0.15, 0.2) is 30.6 Å². The van der Waals surface area contributed by atoms with Crippen molar-refractivity contribution in [2.24, 2.45) is 7.05 Å². The Bertz CT molecular complexity index is 1110. The fourth-order valence-electron chi connectivity index (χ4n) is 3.14. The summed E-state index contributed by atoms with van der Waals surface area (Å²) in [7, 11) is 3.02. The number of anilines is 1. The quantitative estimate of drug-likeness (QED) is 0.190. The Hall–Kier alpha value is -3.40. The number of esters is 1. The number of nitrogens with two attached hydrogens (primary N) is 1. The van der Waals surface area contributed by atoms with Crippen molar-refractivity contribution in [1.29, 1.82) is 0 Å². The second kappa shape index (κ2) is 11.5. The largest absolute Gasteiger partial charge is 0.493 e. The van der Waals surface area contributed by atoms with E-state index in [0.717, 1.165) is 31.9 Å². The summed E-state index contributed by atoms with van der Waals surface area (Å²) in [5.74, 6) is -0.261. The van der Waals surface area contributed by atoms with Crippen LogP contribution in [-0.4, -0.2) is 46.0 Å². The molecule has 0 atom stereocenters. The van der Waals surface area contributed by atoms with Gasteiger partial charge in [-0.05, 0) is 49.4 Å². The van der Waals surface area contributed by atoms with Crippen LogP contribution in [0.1, 0.15) is 36.0 Å². The Morgan fingerprint density at radius 2 is 1.88 bits per heavy atom. The number of hydrogen-bond acceptors (Lipinski definition) is 8. The van der Waals surface area contributed by atoms with Gasteiger partial charge in [-0.2, -0.15) is 5.10 Å². The first kappa shape index (κ1) is 24.2. The zero-order valence-corrected chi connectivity index (χ0v) is 19.1. The van der Waals surface area contributed by atoms with Gasteiger partial charge in [0.2, 0.25) is 11.2 Å². The molecule has 0 fully saturated rings. The number of ether oxygens (including phenoxy) is 3. The first-order valence-corrected chi connectivity index (χ1v) is 10.7. The highest BCUT2D eigenvalue weighted by Gasteiger charge is 2.18. The monoisotopic (exact) mass is 477 g/mol. The number of unbranched alkanes of at least 4 members (excludes halogenated alkanes) is 3. The Morgan fingerprint density at radius 3 is 2.61 bits per heavy atom. The van der Waals surface area contributed by atoms with E-state index in [9.17, 15) is 9.18 Å². The fourth-order valence-corrected chi connectivity index (χ4v) is 3.27. The fraction of sp³-hybridized carbons (Fsp3) is 0.364. The minimum Gasteiger partial charge on any atom is -0.493 e. The van der Waals surface area contributed by atoms with Gasteiger partial charge in [-0.3, -0.25) is 0 Å². The summed E-state index contributed by atoms with van der Waals surface area (Å²) >= 11 is 5.80. The molecule has 0 saturated carbocycles. The predicted octanol–water partition coefficient (Wildman–Crippen LogP) is 4.06. The molecule has 0 saturated heterocycles. The summed E-state index contributed by atoms with van der Waals surface area (Å²) in [6, 6.07) is 4.82. The Labute approximate surface area is 195 Å². The van der Waals surface area contributed by atoms with Gasteiger partial charge in [0.05, 0.1) is 38.3 Å². The Balaban J connectivity index is 1.43. The number of aromatic nitrogens is 4. The van der Waals surface area contributed by atoms with Crippen LogP contribution in [0.5, 0.6) is 11.6 Å². The van der Waals surface area contributed by atoms with E-state index in [1.165, 1.54) is 18.0 Å². The van der Waals surface area contributed by atoms with Crippen molar-refractivity contribution in [2.45, 2.75) is 25.7 Å². The van der Waals surface area contributed by atoms with Gasteiger partial charge in [-0.25, -0.2) is 23.8 Å². The molecule has 0 radical (unpaired) electrons. The number of nitrogens with zero attached hydrogens (tertiary/aromatic N) is 4. The van der Waals surface area contributed by atoms with Crippen molar-refractivity contribution in [1.82, 2.24) is 19.7 Å². The molecule has 11 heteroatoms. The minimum atomic E-state index is -0.604. The zero-order chi connectivity index (χ0) is 23.8. The third-order valence-electron chi connectivity index (χ3n) is 4.80. The van der Waals surface area contributed by atoms with Crippen LogP contribution in [0.4, 0.5) is 10.1 Å². The average molecular weight is 478 g/mol. The molecule has 0 bridgehead atoms. The van der Waals surface area contributed by atoms with E-state index < -0.39 is 11.8 Å². The zero-order valence-electron chi connectivity index (χ0n) is 18.4. The van der Waals surface area contributed by atoms with E-state index in [-0.39, 0.29) is 11.0 Å². The molecule has 0 unspecified atom stereocenters. The van der Waals surface area contributed by atoms with Crippen LogP contribution in [-0.2, 0) is 11.8 Å². The molecule has 0 aliphatic rings. The van der Waals surface area contributed by atoms with Crippen molar-refractivity contribution in [3.8, 4) is 22.9 Å². The van der Waals surface area contributed by atoms with Gasteiger partial charge in [0, 0.05) is 18.8 Å². The molecular formula is C22H25ClFN5O4. The van der Waals surface area contributed by atoms with Gasteiger partial charge in [-0.15, -0.1) is 0 Å². The number of hydrogen-bond donors (Lipinski definition) is 1. The molecule has 0 amide bonds. The van der Waals surface area contributed by atoms with Gasteiger partial charge in [-0.1, -0.05) is 0 Å². The lowest BCUT2D eigenvalue weighted by atomic mass is 10.2. The Kier molecular flexibility index (Phi) is 8.42. The van der Waals surface area contributed by atoms with Gasteiger partial charge >= 0.3 is 5.97 Å². The molecule has 176 valence electrons. The smallest absolute Gasteiger partial charge is 0.341 e. The number of benzene rings is 1. The van der Waals surface area contributed by atoms with E-state index >= 15 is 0 Å². The first-order chi connectivity index (χ1) is 15.9. The molecule has 2 N–H and O–H groups in total. The van der Waals surface area contributed by atoms with Gasteiger partial charge in [0.15, 0.2) is 5.82 Å².